The third-order valence-electron chi connectivity index (χ3n) is 5.59. The van der Waals surface area contributed by atoms with Crippen LogP contribution in [0.4, 0.5) is 4.39 Å². The van der Waals surface area contributed by atoms with Gasteiger partial charge in [0.05, 0.1) is 19.0 Å². The summed E-state index contributed by atoms with van der Waals surface area (Å²) in [6, 6.07) is 11.4. The number of carbonyl (C=O) groups excluding carboxylic acids is 1. The predicted molar refractivity (Wildman–Crippen MR) is 124 cm³/mol. The Kier molecular flexibility index (Phi) is 8.68. The smallest absolute Gasteiger partial charge is 0.223 e. The van der Waals surface area contributed by atoms with Crippen molar-refractivity contribution in [3.63, 3.8) is 0 Å². The van der Waals surface area contributed by atoms with Crippen molar-refractivity contribution in [3.05, 3.63) is 59.4 Å². The zero-order chi connectivity index (χ0) is 23.8. The van der Waals surface area contributed by atoms with Gasteiger partial charge >= 0.3 is 0 Å². The second-order valence-electron chi connectivity index (χ2n) is 7.89. The van der Waals surface area contributed by atoms with Crippen LogP contribution in [0.1, 0.15) is 37.8 Å². The van der Waals surface area contributed by atoms with Gasteiger partial charge in [0.25, 0.3) is 0 Å². The van der Waals surface area contributed by atoms with Gasteiger partial charge in [0.15, 0.2) is 11.5 Å². The lowest BCUT2D eigenvalue weighted by Crippen LogP contribution is -2.43. The van der Waals surface area contributed by atoms with Crippen LogP contribution in [0.25, 0.3) is 0 Å². The maximum Gasteiger partial charge on any atom is 0.223 e. The first kappa shape index (κ1) is 25.0. The molecular formula is C24H31FN2O5S. The predicted octanol–water partition coefficient (Wildman–Crippen LogP) is 3.48. The van der Waals surface area contributed by atoms with Gasteiger partial charge in [-0.25, -0.2) is 17.1 Å². The Labute approximate surface area is 194 Å². The number of amides is 1. The third-order valence-corrected chi connectivity index (χ3v) is 7.42. The fraction of sp³-hybridized carbons (Fsp3) is 0.458. The summed E-state index contributed by atoms with van der Waals surface area (Å²) >= 11 is 0. The largest absolute Gasteiger partial charge is 0.490 e. The number of rotatable bonds is 10. The average Bonchev–Trinajstić information content (AvgIpc) is 2.81. The fourth-order valence-electron chi connectivity index (χ4n) is 3.84. The molecule has 2 aromatic carbocycles. The number of carbonyl (C=O) groups is 1. The van der Waals surface area contributed by atoms with Crippen molar-refractivity contribution in [1.29, 1.82) is 0 Å². The molecule has 0 radical (unpaired) electrons. The summed E-state index contributed by atoms with van der Waals surface area (Å²) in [5, 5.41) is 2.94. The molecular weight excluding hydrogens is 447 g/mol. The molecule has 33 heavy (non-hydrogen) atoms. The van der Waals surface area contributed by atoms with Crippen LogP contribution in [0.2, 0.25) is 0 Å². The number of benzene rings is 2. The standard InChI is InChI=1S/C24H31FN2O5S/c1-3-31-22-10-9-18(15-23(22)32-4-2)16-26-24(28)19-11-13-27(14-12-19)33(29,30)17-20-7-5-6-8-21(20)25/h5-10,15,19H,3-4,11-14,16-17H2,1-2H3,(H,26,28). The molecule has 1 heterocycles. The van der Waals surface area contributed by atoms with Gasteiger partial charge in [-0.2, -0.15) is 0 Å². The summed E-state index contributed by atoms with van der Waals surface area (Å²) < 4.78 is 51.8. The zero-order valence-corrected chi connectivity index (χ0v) is 19.9. The Morgan fingerprint density at radius 1 is 1.06 bits per heavy atom. The van der Waals surface area contributed by atoms with Crippen molar-refractivity contribution in [2.24, 2.45) is 5.92 Å². The van der Waals surface area contributed by atoms with Gasteiger partial charge in [-0.15, -0.1) is 0 Å². The number of hydrogen-bond donors (Lipinski definition) is 1. The SMILES string of the molecule is CCOc1ccc(CNC(=O)C2CCN(S(=O)(=O)Cc3ccccc3F)CC2)cc1OCC. The molecule has 0 atom stereocenters. The normalized spacial score (nSPS) is 15.2. The third kappa shape index (κ3) is 6.68. The van der Waals surface area contributed by atoms with E-state index in [9.17, 15) is 17.6 Å². The maximum atomic E-state index is 13.9. The zero-order valence-electron chi connectivity index (χ0n) is 19.1. The van der Waals surface area contributed by atoms with E-state index in [1.54, 1.807) is 6.07 Å². The van der Waals surface area contributed by atoms with E-state index >= 15 is 0 Å². The topological polar surface area (TPSA) is 84.9 Å². The minimum atomic E-state index is -3.65. The molecule has 1 amide bonds. The number of hydrogen-bond acceptors (Lipinski definition) is 5. The second kappa shape index (κ2) is 11.5. The van der Waals surface area contributed by atoms with Gasteiger partial charge in [-0.3, -0.25) is 4.79 Å². The lowest BCUT2D eigenvalue weighted by Gasteiger charge is -2.30. The summed E-state index contributed by atoms with van der Waals surface area (Å²) in [6.07, 6.45) is 0.853. The molecule has 9 heteroatoms. The van der Waals surface area contributed by atoms with Crippen LogP contribution in [0.5, 0.6) is 11.5 Å². The van der Waals surface area contributed by atoms with Gasteiger partial charge in [0.2, 0.25) is 15.9 Å². The van der Waals surface area contributed by atoms with Gasteiger partial charge in [0, 0.05) is 31.1 Å². The van der Waals surface area contributed by atoms with Gasteiger partial charge in [-0.05, 0) is 50.5 Å². The highest BCUT2D eigenvalue weighted by Gasteiger charge is 2.31. The molecule has 7 nitrogen and oxygen atoms in total. The van der Waals surface area contributed by atoms with Crippen molar-refractivity contribution in [1.82, 2.24) is 9.62 Å². The molecule has 0 saturated carbocycles. The van der Waals surface area contributed by atoms with Crippen molar-refractivity contribution in [3.8, 4) is 11.5 Å². The van der Waals surface area contributed by atoms with E-state index in [-0.39, 0.29) is 36.2 Å². The van der Waals surface area contributed by atoms with Gasteiger partial charge in [0.1, 0.15) is 5.82 Å². The minimum absolute atomic E-state index is 0.104. The summed E-state index contributed by atoms with van der Waals surface area (Å²) in [4.78, 5) is 12.7. The maximum absolute atomic E-state index is 13.9. The van der Waals surface area contributed by atoms with E-state index in [0.717, 1.165) is 5.56 Å². The monoisotopic (exact) mass is 478 g/mol. The highest BCUT2D eigenvalue weighted by Crippen LogP contribution is 2.29. The summed E-state index contributed by atoms with van der Waals surface area (Å²) in [7, 11) is -3.65. The molecule has 1 saturated heterocycles. The Hall–Kier alpha value is -2.65. The molecule has 0 unspecified atom stereocenters. The van der Waals surface area contributed by atoms with Crippen LogP contribution < -0.4 is 14.8 Å². The molecule has 180 valence electrons. The molecule has 1 N–H and O–H groups in total. The molecule has 1 aliphatic heterocycles. The first-order chi connectivity index (χ1) is 15.8. The molecule has 1 fully saturated rings. The van der Waals surface area contributed by atoms with Crippen molar-refractivity contribution in [2.75, 3.05) is 26.3 Å². The number of nitrogens with one attached hydrogen (secondary N) is 1. The van der Waals surface area contributed by atoms with Crippen LogP contribution in [0.3, 0.4) is 0 Å². The minimum Gasteiger partial charge on any atom is -0.490 e. The Morgan fingerprint density at radius 2 is 1.73 bits per heavy atom. The molecule has 0 spiro atoms. The highest BCUT2D eigenvalue weighted by atomic mass is 32.2. The van der Waals surface area contributed by atoms with E-state index in [1.165, 1.54) is 22.5 Å². The van der Waals surface area contributed by atoms with Crippen molar-refractivity contribution in [2.45, 2.75) is 39.0 Å². The van der Waals surface area contributed by atoms with Crippen LogP contribution in [0.15, 0.2) is 42.5 Å². The molecule has 0 aromatic heterocycles. The quantitative estimate of drug-likeness (QED) is 0.565. The van der Waals surface area contributed by atoms with E-state index < -0.39 is 15.8 Å². The molecule has 3 rings (SSSR count). The van der Waals surface area contributed by atoms with Crippen LogP contribution in [0, 0.1) is 11.7 Å². The van der Waals surface area contributed by atoms with Gasteiger partial charge < -0.3 is 14.8 Å². The van der Waals surface area contributed by atoms with E-state index in [2.05, 4.69) is 5.32 Å². The first-order valence-corrected chi connectivity index (χ1v) is 12.8. The number of ether oxygens (including phenoxy) is 2. The number of nitrogens with zero attached hydrogens (tertiary/aromatic N) is 1. The molecule has 0 aliphatic carbocycles. The highest BCUT2D eigenvalue weighted by molar-refractivity contribution is 7.88. The van der Waals surface area contributed by atoms with E-state index in [4.69, 9.17) is 9.47 Å². The van der Waals surface area contributed by atoms with E-state index in [1.807, 2.05) is 32.0 Å². The lowest BCUT2D eigenvalue weighted by molar-refractivity contribution is -0.126. The lowest BCUT2D eigenvalue weighted by atomic mass is 9.97. The average molecular weight is 479 g/mol. The molecule has 2 aromatic rings. The Bertz CT molecular complexity index is 1050. The summed E-state index contributed by atoms with van der Waals surface area (Å²) in [5.41, 5.74) is 1.04. The Balaban J connectivity index is 1.52. The summed E-state index contributed by atoms with van der Waals surface area (Å²) in [6.45, 7) is 5.67. The number of halogens is 1. The van der Waals surface area contributed by atoms with Crippen molar-refractivity contribution < 1.29 is 27.1 Å². The second-order valence-corrected chi connectivity index (χ2v) is 9.85. The Morgan fingerprint density at radius 3 is 2.39 bits per heavy atom. The van der Waals surface area contributed by atoms with Crippen molar-refractivity contribution >= 4 is 15.9 Å². The summed E-state index contributed by atoms with van der Waals surface area (Å²) in [5.74, 6) is 0.0261. The van der Waals surface area contributed by atoms with Gasteiger partial charge in [-0.1, -0.05) is 24.3 Å². The van der Waals surface area contributed by atoms with Crippen LogP contribution in [-0.2, 0) is 27.1 Å². The number of sulfonamides is 1. The fourth-order valence-corrected chi connectivity index (χ4v) is 5.42. The first-order valence-electron chi connectivity index (χ1n) is 11.2. The number of piperidine rings is 1. The molecule has 0 bridgehead atoms. The molecule has 1 aliphatic rings. The van der Waals surface area contributed by atoms with E-state index in [0.29, 0.717) is 44.1 Å². The van der Waals surface area contributed by atoms with Crippen LogP contribution >= 0.6 is 0 Å². The van der Waals surface area contributed by atoms with Crippen LogP contribution in [-0.4, -0.2) is 44.9 Å².